The van der Waals surface area contributed by atoms with Gasteiger partial charge >= 0.3 is 31.6 Å². The van der Waals surface area contributed by atoms with Gasteiger partial charge in [-0.05, 0) is 72.9 Å². The number of pyridine rings is 1. The average molecular weight is 1070 g/mol. The van der Waals surface area contributed by atoms with Crippen molar-refractivity contribution in [1.82, 2.24) is 26.0 Å². The van der Waals surface area contributed by atoms with Gasteiger partial charge in [-0.1, -0.05) is 128 Å². The summed E-state index contributed by atoms with van der Waals surface area (Å²) in [6, 6.07) is 33.6. The van der Waals surface area contributed by atoms with Crippen LogP contribution in [0.4, 0.5) is 4.39 Å². The molecule has 5 N–H and O–H groups in total. The van der Waals surface area contributed by atoms with Crippen LogP contribution in [0, 0.1) is 5.95 Å². The number of carbonyl (C=O) groups is 7. The van der Waals surface area contributed by atoms with Crippen LogP contribution < -0.4 is 21.0 Å². The van der Waals surface area contributed by atoms with E-state index >= 15 is 0 Å². The fourth-order valence-corrected chi connectivity index (χ4v) is 8.72. The molecule has 76 heavy (non-hydrogen) atoms. The summed E-state index contributed by atoms with van der Waals surface area (Å²) in [7, 11) is -4.47. The highest BCUT2D eigenvalue weighted by Gasteiger charge is 2.34. The molecule has 0 saturated carbocycles. The first-order valence-electron chi connectivity index (χ1n) is 24.8. The molecule has 0 bridgehead atoms. The first kappa shape index (κ1) is 59.2. The second-order valence-electron chi connectivity index (χ2n) is 17.3. The molecular weight excluding hydrogens is 1000 g/mol. The molecule has 0 radical (unpaired) electrons. The lowest BCUT2D eigenvalue weighted by Gasteiger charge is -2.25. The zero-order valence-corrected chi connectivity index (χ0v) is 42.7. The number of unbranched alkanes of at least 4 members (excludes halogenated alkanes) is 2. The summed E-state index contributed by atoms with van der Waals surface area (Å²) >= 11 is 0. The van der Waals surface area contributed by atoms with Crippen LogP contribution in [0.15, 0.2) is 140 Å². The summed E-state index contributed by atoms with van der Waals surface area (Å²) in [6.07, 6.45) is 1.12. The number of ether oxygens (including phenoxy) is 3. The first-order valence-corrected chi connectivity index (χ1v) is 26.3. The summed E-state index contributed by atoms with van der Waals surface area (Å²) in [5.74, 6) is -6.10. The zero-order valence-electron chi connectivity index (χ0n) is 41.9. The number of halogens is 1. The molecule has 0 aliphatic rings. The Morgan fingerprint density at radius 1 is 0.539 bits per heavy atom. The first-order chi connectivity index (χ1) is 36.7. The Morgan fingerprint density at radius 3 is 1.61 bits per heavy atom. The molecule has 4 aromatic carbocycles. The number of nitrogens with zero attached hydrogens (tertiary/aromatic N) is 1. The Morgan fingerprint density at radius 2 is 1.05 bits per heavy atom. The highest BCUT2D eigenvalue weighted by molar-refractivity contribution is 7.51. The number of amides is 3. The number of hydrogen-bond donors (Lipinski definition) is 5. The van der Waals surface area contributed by atoms with Gasteiger partial charge in [0.05, 0.1) is 18.8 Å². The maximum atomic E-state index is 14.7. The number of nitrogens with one attached hydrogen (secondary N) is 4. The van der Waals surface area contributed by atoms with Crippen LogP contribution in [0.3, 0.4) is 0 Å². The van der Waals surface area contributed by atoms with Gasteiger partial charge in [0.1, 0.15) is 37.9 Å². The van der Waals surface area contributed by atoms with E-state index < -0.39 is 79.8 Å². The molecule has 21 heteroatoms. The predicted molar refractivity (Wildman–Crippen MR) is 275 cm³/mol. The molecule has 4 atom stereocenters. The molecule has 0 spiro atoms. The quantitative estimate of drug-likeness (QED) is 0.00881. The van der Waals surface area contributed by atoms with Crippen molar-refractivity contribution in [1.29, 1.82) is 0 Å². The van der Waals surface area contributed by atoms with Crippen molar-refractivity contribution in [2.75, 3.05) is 13.2 Å². The van der Waals surface area contributed by atoms with Crippen LogP contribution in [0.2, 0.25) is 0 Å². The third-order valence-electron chi connectivity index (χ3n) is 11.3. The number of carboxylic acid groups (broad SMARTS) is 1. The van der Waals surface area contributed by atoms with Gasteiger partial charge < -0.3 is 35.3 Å². The van der Waals surface area contributed by atoms with E-state index in [9.17, 15) is 47.6 Å². The number of carbonyl (C=O) groups excluding carboxylic acids is 6. The van der Waals surface area contributed by atoms with Gasteiger partial charge in [0.25, 0.3) is 5.91 Å². The van der Waals surface area contributed by atoms with Gasteiger partial charge in [0.2, 0.25) is 17.8 Å². The van der Waals surface area contributed by atoms with Gasteiger partial charge in [0.15, 0.2) is 0 Å². The SMILES string of the molecule is O=C(CCCCCNC(=O)c1ccc(F)nc1)N[C@@H](CCC(=O)N[C@@H](CCCOP(=O)(N[C@@H](CCC(=O)OCc1ccccc1)C(=O)OCc1ccccc1)OCc1ccccc1)C(=O)OCc1ccccc1)C(=O)O. The predicted octanol–water partition coefficient (Wildman–Crippen LogP) is 7.44. The molecule has 3 amide bonds. The Kier molecular flexibility index (Phi) is 25.4. The van der Waals surface area contributed by atoms with E-state index in [1.165, 1.54) is 6.07 Å². The van der Waals surface area contributed by atoms with Gasteiger partial charge in [-0.2, -0.15) is 4.39 Å². The van der Waals surface area contributed by atoms with E-state index in [2.05, 4.69) is 26.0 Å². The average Bonchev–Trinajstić information content (AvgIpc) is 3.43. The van der Waals surface area contributed by atoms with Crippen LogP contribution in [-0.4, -0.2) is 83.0 Å². The lowest BCUT2D eigenvalue weighted by atomic mass is 10.1. The van der Waals surface area contributed by atoms with Gasteiger partial charge in [0, 0.05) is 32.0 Å². The third kappa shape index (κ3) is 22.9. The van der Waals surface area contributed by atoms with E-state index in [1.54, 1.807) is 115 Å². The van der Waals surface area contributed by atoms with Crippen molar-refractivity contribution < 1.29 is 70.9 Å². The largest absolute Gasteiger partial charge is 0.480 e. The van der Waals surface area contributed by atoms with Gasteiger partial charge in [-0.25, -0.2) is 24.2 Å². The smallest absolute Gasteiger partial charge is 0.406 e. The Hall–Kier alpha value is -7.64. The van der Waals surface area contributed by atoms with Crippen LogP contribution in [0.1, 0.15) is 96.8 Å². The lowest BCUT2D eigenvalue weighted by Crippen LogP contribution is -2.44. The summed E-state index contributed by atoms with van der Waals surface area (Å²) in [5, 5.41) is 20.3. The fourth-order valence-electron chi connectivity index (χ4n) is 7.19. The number of benzene rings is 4. The van der Waals surface area contributed by atoms with Crippen molar-refractivity contribution in [2.45, 2.75) is 109 Å². The highest BCUT2D eigenvalue weighted by Crippen LogP contribution is 2.46. The minimum atomic E-state index is -4.47. The lowest BCUT2D eigenvalue weighted by molar-refractivity contribution is -0.150. The molecule has 0 fully saturated rings. The number of rotatable bonds is 34. The van der Waals surface area contributed by atoms with E-state index in [1.807, 2.05) is 6.07 Å². The molecule has 5 aromatic rings. The van der Waals surface area contributed by atoms with Crippen LogP contribution in [-0.2, 0) is 83.0 Å². The minimum Gasteiger partial charge on any atom is -0.480 e. The zero-order chi connectivity index (χ0) is 54.4. The summed E-state index contributed by atoms with van der Waals surface area (Å²) in [4.78, 5) is 94.1. The maximum Gasteiger partial charge on any atom is 0.406 e. The van der Waals surface area contributed by atoms with E-state index in [-0.39, 0.29) is 83.7 Å². The molecule has 0 saturated heterocycles. The van der Waals surface area contributed by atoms with E-state index in [4.69, 9.17) is 23.3 Å². The Labute approximate surface area is 440 Å². The molecule has 1 aromatic heterocycles. The van der Waals surface area contributed by atoms with Crippen LogP contribution in [0.25, 0.3) is 0 Å². The molecule has 0 aliphatic carbocycles. The molecule has 5 rings (SSSR count). The van der Waals surface area contributed by atoms with E-state index in [0.29, 0.717) is 36.0 Å². The summed E-state index contributed by atoms with van der Waals surface area (Å²) < 4.78 is 56.1. The number of aliphatic carboxylic acids is 1. The monoisotopic (exact) mass is 1070 g/mol. The molecular formula is C55H63FN5O14P. The van der Waals surface area contributed by atoms with Crippen molar-refractivity contribution in [3.05, 3.63) is 173 Å². The normalized spacial score (nSPS) is 12.9. The van der Waals surface area contributed by atoms with Gasteiger partial charge in [-0.15, -0.1) is 0 Å². The summed E-state index contributed by atoms with van der Waals surface area (Å²) in [6.45, 7) is -0.555. The molecule has 1 heterocycles. The van der Waals surface area contributed by atoms with Crippen LogP contribution in [0.5, 0.6) is 0 Å². The molecule has 0 aliphatic heterocycles. The fraction of sp³-hybridized carbons (Fsp3) is 0.345. The highest BCUT2D eigenvalue weighted by atomic mass is 31.2. The second kappa shape index (κ2) is 32.6. The number of aromatic nitrogens is 1. The number of carboxylic acids is 1. The topological polar surface area (TPSA) is 264 Å². The number of esters is 3. The number of hydrogen-bond acceptors (Lipinski definition) is 14. The molecule has 1 unspecified atom stereocenters. The van der Waals surface area contributed by atoms with Crippen LogP contribution >= 0.6 is 7.75 Å². The van der Waals surface area contributed by atoms with Crippen molar-refractivity contribution >= 4 is 49.3 Å². The maximum absolute atomic E-state index is 14.7. The molecule has 404 valence electrons. The summed E-state index contributed by atoms with van der Waals surface area (Å²) in [5.41, 5.74) is 2.91. The van der Waals surface area contributed by atoms with E-state index in [0.717, 1.165) is 17.8 Å². The van der Waals surface area contributed by atoms with Crippen molar-refractivity contribution in [2.24, 2.45) is 0 Å². The minimum absolute atomic E-state index is 0.00465. The third-order valence-corrected chi connectivity index (χ3v) is 13.0. The Bertz CT molecular complexity index is 2660. The second-order valence-corrected chi connectivity index (χ2v) is 19.1. The Balaban J connectivity index is 1.18. The molecule has 19 nitrogen and oxygen atoms in total. The van der Waals surface area contributed by atoms with Crippen molar-refractivity contribution in [3.8, 4) is 0 Å². The van der Waals surface area contributed by atoms with Crippen molar-refractivity contribution in [3.63, 3.8) is 0 Å². The van der Waals surface area contributed by atoms with Gasteiger partial charge in [-0.3, -0.25) is 33.0 Å². The standard InChI is InChI=1S/C55H63FN5O14P/c56-48-30-27-44(35-58-48)52(65)57-33-15-5-14-26-49(62)59-45(53(66)67)28-31-50(63)60-46(54(68)72-37-41-19-8-2-9-20-41)25-16-34-74-76(70,75-39-43-23-12-4-13-24-43)61-47(55(69)73-38-42-21-10-3-11-22-42)29-32-51(64)71-36-40-17-6-1-7-18-40/h1-4,6-13,17-24,27,30,35,45-47H,5,14-16,25-26,28-29,31-34,36-39H2,(H,57,65)(H,59,62)(H,60,63)(H,61,70)(H,66,67)/t45-,46-,47-,76?/m0/s1.